The van der Waals surface area contributed by atoms with Gasteiger partial charge in [0.05, 0.1) is 0 Å². The molecule has 1 aromatic rings. The predicted octanol–water partition coefficient (Wildman–Crippen LogP) is 1.71. The van der Waals surface area contributed by atoms with Crippen molar-refractivity contribution in [3.8, 4) is 0 Å². The zero-order chi connectivity index (χ0) is 10.1. The second kappa shape index (κ2) is 3.54. The van der Waals surface area contributed by atoms with Crippen molar-refractivity contribution in [1.29, 1.82) is 0 Å². The summed E-state index contributed by atoms with van der Waals surface area (Å²) in [6.07, 6.45) is 0. The zero-order valence-electron chi connectivity index (χ0n) is 8.63. The minimum atomic E-state index is 0.204. The lowest BCUT2D eigenvalue weighted by Gasteiger charge is -2.26. The molecule has 0 saturated carbocycles. The fraction of sp³-hybridized carbons (Fsp3) is 0.417. The molecule has 1 aliphatic rings. The molecule has 0 atom stereocenters. The van der Waals surface area contributed by atoms with Gasteiger partial charge in [-0.25, -0.2) is 0 Å². The van der Waals surface area contributed by atoms with Gasteiger partial charge in [0.2, 0.25) is 0 Å². The van der Waals surface area contributed by atoms with E-state index in [1.54, 1.807) is 0 Å². The Bertz CT molecular complexity index is 367. The van der Waals surface area contributed by atoms with Crippen molar-refractivity contribution in [3.05, 3.63) is 34.9 Å². The maximum Gasteiger partial charge on any atom is 0.168 e. The topological polar surface area (TPSA) is 29.1 Å². The first-order valence-corrected chi connectivity index (χ1v) is 5.01. The Labute approximate surface area is 84.3 Å². The molecule has 0 aliphatic carbocycles. The summed E-state index contributed by atoms with van der Waals surface area (Å²) in [6, 6.07) is 5.94. The van der Waals surface area contributed by atoms with Crippen LogP contribution >= 0.6 is 0 Å². The molecule has 2 heteroatoms. The fourth-order valence-electron chi connectivity index (χ4n) is 1.71. The van der Waals surface area contributed by atoms with Crippen molar-refractivity contribution in [2.75, 3.05) is 13.1 Å². The van der Waals surface area contributed by atoms with Crippen LogP contribution in [0.4, 0.5) is 0 Å². The van der Waals surface area contributed by atoms with Crippen molar-refractivity contribution in [1.82, 2.24) is 5.32 Å². The van der Waals surface area contributed by atoms with Crippen LogP contribution in [0.1, 0.15) is 21.5 Å². The number of Topliss-reactive ketones (excluding diaryl/α,β-unsaturated/α-hetero) is 1. The van der Waals surface area contributed by atoms with Gasteiger partial charge in [0.15, 0.2) is 5.78 Å². The van der Waals surface area contributed by atoms with E-state index in [1.807, 2.05) is 32.0 Å². The lowest BCUT2D eigenvalue weighted by molar-refractivity contribution is 0.0877. The molecule has 2 nitrogen and oxygen atoms in total. The third-order valence-electron chi connectivity index (χ3n) is 3.02. The van der Waals surface area contributed by atoms with Crippen molar-refractivity contribution in [2.45, 2.75) is 13.8 Å². The molecule has 0 aromatic heterocycles. The minimum absolute atomic E-state index is 0.204. The number of carbonyl (C=O) groups is 1. The van der Waals surface area contributed by atoms with E-state index < -0.39 is 0 Å². The Morgan fingerprint density at radius 3 is 2.64 bits per heavy atom. The summed E-state index contributed by atoms with van der Waals surface area (Å²) in [5.74, 6) is 0.500. The number of aryl methyl sites for hydroxylation is 1. The third-order valence-corrected chi connectivity index (χ3v) is 3.02. The summed E-state index contributed by atoms with van der Waals surface area (Å²) in [4.78, 5) is 12.0. The van der Waals surface area contributed by atoms with Crippen LogP contribution in [0.3, 0.4) is 0 Å². The van der Waals surface area contributed by atoms with Crippen LogP contribution in [0.25, 0.3) is 0 Å². The summed E-state index contributed by atoms with van der Waals surface area (Å²) in [5.41, 5.74) is 3.23. The van der Waals surface area contributed by atoms with Gasteiger partial charge in [-0.2, -0.15) is 0 Å². The van der Waals surface area contributed by atoms with E-state index in [1.165, 1.54) is 5.56 Å². The highest BCUT2D eigenvalue weighted by Crippen LogP contribution is 2.18. The van der Waals surface area contributed by atoms with Gasteiger partial charge in [-0.15, -0.1) is 0 Å². The molecule has 2 rings (SSSR count). The standard InChI is InChI=1S/C12H15NO/c1-8-4-3-5-11(9(8)2)12(14)10-6-13-7-10/h3-5,10,13H,6-7H2,1-2H3. The number of benzene rings is 1. The number of rotatable bonds is 2. The Morgan fingerprint density at radius 2 is 2.07 bits per heavy atom. The second-order valence-corrected chi connectivity index (χ2v) is 3.97. The first-order chi connectivity index (χ1) is 6.70. The van der Waals surface area contributed by atoms with E-state index >= 15 is 0 Å². The monoisotopic (exact) mass is 189 g/mol. The van der Waals surface area contributed by atoms with Gasteiger partial charge in [-0.1, -0.05) is 18.2 Å². The van der Waals surface area contributed by atoms with Crippen LogP contribution in [0, 0.1) is 19.8 Å². The number of hydrogen-bond donors (Lipinski definition) is 1. The van der Waals surface area contributed by atoms with E-state index in [2.05, 4.69) is 5.32 Å². The molecular formula is C12H15NO. The van der Waals surface area contributed by atoms with Crippen molar-refractivity contribution < 1.29 is 4.79 Å². The van der Waals surface area contributed by atoms with E-state index in [0.717, 1.165) is 24.2 Å². The van der Waals surface area contributed by atoms with Gasteiger partial charge in [-0.05, 0) is 25.0 Å². The largest absolute Gasteiger partial charge is 0.315 e. The summed E-state index contributed by atoms with van der Waals surface area (Å²) in [6.45, 7) is 5.75. The highest BCUT2D eigenvalue weighted by molar-refractivity contribution is 6.00. The first-order valence-electron chi connectivity index (χ1n) is 5.01. The highest BCUT2D eigenvalue weighted by atomic mass is 16.1. The Kier molecular flexibility index (Phi) is 2.38. The van der Waals surface area contributed by atoms with Gasteiger partial charge in [-0.3, -0.25) is 4.79 Å². The molecule has 0 bridgehead atoms. The normalized spacial score (nSPS) is 16.4. The molecule has 1 aliphatic heterocycles. The van der Waals surface area contributed by atoms with Crippen molar-refractivity contribution in [2.24, 2.45) is 5.92 Å². The van der Waals surface area contributed by atoms with Crippen LogP contribution in [-0.2, 0) is 0 Å². The SMILES string of the molecule is Cc1cccc(C(=O)C2CNC2)c1C. The second-order valence-electron chi connectivity index (χ2n) is 3.97. The smallest absolute Gasteiger partial charge is 0.168 e. The molecule has 0 radical (unpaired) electrons. The van der Waals surface area contributed by atoms with E-state index in [4.69, 9.17) is 0 Å². The van der Waals surface area contributed by atoms with Gasteiger partial charge >= 0.3 is 0 Å². The summed E-state index contributed by atoms with van der Waals surface area (Å²) < 4.78 is 0. The lowest BCUT2D eigenvalue weighted by Crippen LogP contribution is -2.46. The maximum absolute atomic E-state index is 12.0. The molecule has 14 heavy (non-hydrogen) atoms. The molecule has 74 valence electrons. The van der Waals surface area contributed by atoms with Gasteiger partial charge < -0.3 is 5.32 Å². The average molecular weight is 189 g/mol. The summed E-state index contributed by atoms with van der Waals surface area (Å²) in [5, 5.41) is 3.13. The Balaban J connectivity index is 2.31. The molecule has 1 heterocycles. The molecule has 1 aromatic carbocycles. The first kappa shape index (κ1) is 9.41. The predicted molar refractivity (Wildman–Crippen MR) is 56.6 cm³/mol. The van der Waals surface area contributed by atoms with E-state index in [0.29, 0.717) is 5.78 Å². The molecule has 1 fully saturated rings. The van der Waals surface area contributed by atoms with E-state index in [9.17, 15) is 4.79 Å². The average Bonchev–Trinajstić information content (AvgIpc) is 2.06. The maximum atomic E-state index is 12.0. The quantitative estimate of drug-likeness (QED) is 0.717. The molecule has 0 unspecified atom stereocenters. The van der Waals surface area contributed by atoms with Crippen LogP contribution in [0.15, 0.2) is 18.2 Å². The number of hydrogen-bond acceptors (Lipinski definition) is 2. The number of carbonyl (C=O) groups excluding carboxylic acids is 1. The molecule has 1 N–H and O–H groups in total. The minimum Gasteiger partial charge on any atom is -0.315 e. The van der Waals surface area contributed by atoms with Gasteiger partial charge in [0, 0.05) is 24.6 Å². The number of ketones is 1. The fourth-order valence-corrected chi connectivity index (χ4v) is 1.71. The Morgan fingerprint density at radius 1 is 1.36 bits per heavy atom. The number of nitrogens with one attached hydrogen (secondary N) is 1. The van der Waals surface area contributed by atoms with Crippen LogP contribution in [0.5, 0.6) is 0 Å². The molecule has 0 amide bonds. The van der Waals surface area contributed by atoms with E-state index in [-0.39, 0.29) is 5.92 Å². The molecule has 1 saturated heterocycles. The van der Waals surface area contributed by atoms with Gasteiger partial charge in [0.25, 0.3) is 0 Å². The molecular weight excluding hydrogens is 174 g/mol. The zero-order valence-corrected chi connectivity index (χ0v) is 8.63. The third kappa shape index (κ3) is 1.46. The highest BCUT2D eigenvalue weighted by Gasteiger charge is 2.26. The summed E-state index contributed by atoms with van der Waals surface area (Å²) >= 11 is 0. The van der Waals surface area contributed by atoms with Crippen molar-refractivity contribution in [3.63, 3.8) is 0 Å². The molecule has 0 spiro atoms. The van der Waals surface area contributed by atoms with Crippen LogP contribution < -0.4 is 5.32 Å². The summed E-state index contributed by atoms with van der Waals surface area (Å²) in [7, 11) is 0. The lowest BCUT2D eigenvalue weighted by atomic mass is 9.89. The van der Waals surface area contributed by atoms with Gasteiger partial charge in [0.1, 0.15) is 0 Å². The van der Waals surface area contributed by atoms with Crippen LogP contribution in [-0.4, -0.2) is 18.9 Å². The van der Waals surface area contributed by atoms with Crippen LogP contribution in [0.2, 0.25) is 0 Å². The Hall–Kier alpha value is -1.15. The van der Waals surface area contributed by atoms with Crippen molar-refractivity contribution >= 4 is 5.78 Å².